The Labute approximate surface area is 266 Å². The molecule has 0 radical (unpaired) electrons. The molecule has 3 heterocycles. The predicted octanol–water partition coefficient (Wildman–Crippen LogP) is 11.2. The van der Waals surface area contributed by atoms with Crippen LogP contribution in [0.4, 0.5) is 0 Å². The van der Waals surface area contributed by atoms with Gasteiger partial charge in [-0.1, -0.05) is 115 Å². The van der Waals surface area contributed by atoms with Crippen LogP contribution in [0.15, 0.2) is 164 Å². The second-order valence-electron chi connectivity index (χ2n) is 11.7. The molecule has 0 aliphatic carbocycles. The van der Waals surface area contributed by atoms with Gasteiger partial charge in [-0.05, 0) is 80.6 Å². The Morgan fingerprint density at radius 1 is 0.370 bits per heavy atom. The van der Waals surface area contributed by atoms with Gasteiger partial charge >= 0.3 is 0 Å². The molecule has 3 aromatic heterocycles. The number of hydrogen-bond donors (Lipinski definition) is 0. The fraction of sp³-hybridized carbons (Fsp3) is 0. The monoisotopic (exact) mass is 585 g/mol. The largest absolute Gasteiger partial charge is 0.254 e. The smallest absolute Gasteiger partial charge is 0.0970 e. The van der Waals surface area contributed by atoms with Crippen molar-refractivity contribution in [3.8, 4) is 44.6 Å². The molecular formula is C43H27N3. The van der Waals surface area contributed by atoms with Gasteiger partial charge in [-0.2, -0.15) is 0 Å². The normalized spacial score (nSPS) is 11.5. The summed E-state index contributed by atoms with van der Waals surface area (Å²) in [5.74, 6) is 0. The number of rotatable bonds is 4. The van der Waals surface area contributed by atoms with E-state index in [1.807, 2.05) is 30.6 Å². The molecule has 6 aromatic carbocycles. The Hall–Kier alpha value is -6.19. The third-order valence-electron chi connectivity index (χ3n) is 8.93. The van der Waals surface area contributed by atoms with E-state index in [2.05, 4.69) is 138 Å². The lowest BCUT2D eigenvalue weighted by Crippen LogP contribution is -1.92. The highest BCUT2D eigenvalue weighted by Gasteiger charge is 2.14. The first-order chi connectivity index (χ1) is 22.8. The van der Waals surface area contributed by atoms with Gasteiger partial charge in [0.05, 0.1) is 22.2 Å². The van der Waals surface area contributed by atoms with Crippen molar-refractivity contribution in [2.24, 2.45) is 0 Å². The summed E-state index contributed by atoms with van der Waals surface area (Å²) in [5.41, 5.74) is 11.9. The highest BCUT2D eigenvalue weighted by Crippen LogP contribution is 2.39. The van der Waals surface area contributed by atoms with E-state index < -0.39 is 0 Å². The average molecular weight is 586 g/mol. The molecular weight excluding hydrogens is 558 g/mol. The average Bonchev–Trinajstić information content (AvgIpc) is 3.14. The molecule has 0 unspecified atom stereocenters. The molecule has 0 spiro atoms. The minimum Gasteiger partial charge on any atom is -0.254 e. The SMILES string of the molecule is c1ccc(-c2cc(-c3cccc(-c4ccc(-c5cc6cccnc6c6ncccc56)cc4)c3)c3c(ccc4ccccc43)n2)cc1. The maximum atomic E-state index is 5.13. The van der Waals surface area contributed by atoms with Crippen LogP contribution in [-0.4, -0.2) is 15.0 Å². The summed E-state index contributed by atoms with van der Waals surface area (Å²) >= 11 is 0. The van der Waals surface area contributed by atoms with Gasteiger partial charge in [0.1, 0.15) is 0 Å². The third kappa shape index (κ3) is 4.41. The van der Waals surface area contributed by atoms with Crippen molar-refractivity contribution in [1.29, 1.82) is 0 Å². The van der Waals surface area contributed by atoms with Crippen LogP contribution in [0, 0.1) is 0 Å². The molecule has 0 saturated carbocycles. The summed E-state index contributed by atoms with van der Waals surface area (Å²) in [6, 6.07) is 53.8. The topological polar surface area (TPSA) is 38.7 Å². The Bertz CT molecular complexity index is 2570. The zero-order chi connectivity index (χ0) is 30.5. The molecule has 0 aliphatic rings. The molecule has 0 fully saturated rings. The highest BCUT2D eigenvalue weighted by atomic mass is 14.7. The van der Waals surface area contributed by atoms with Crippen molar-refractivity contribution >= 4 is 43.5 Å². The number of nitrogens with zero attached hydrogens (tertiary/aromatic N) is 3. The minimum absolute atomic E-state index is 0.930. The lowest BCUT2D eigenvalue weighted by Gasteiger charge is -2.14. The van der Waals surface area contributed by atoms with Gasteiger partial charge in [-0.25, -0.2) is 4.98 Å². The minimum atomic E-state index is 0.930. The van der Waals surface area contributed by atoms with E-state index in [0.717, 1.165) is 49.7 Å². The summed E-state index contributed by atoms with van der Waals surface area (Å²) in [7, 11) is 0. The fourth-order valence-corrected chi connectivity index (χ4v) is 6.72. The van der Waals surface area contributed by atoms with E-state index >= 15 is 0 Å². The first-order valence-corrected chi connectivity index (χ1v) is 15.5. The van der Waals surface area contributed by atoms with E-state index in [1.165, 1.54) is 38.4 Å². The number of fused-ring (bicyclic) bond motifs is 6. The Morgan fingerprint density at radius 3 is 1.96 bits per heavy atom. The third-order valence-corrected chi connectivity index (χ3v) is 8.93. The first-order valence-electron chi connectivity index (χ1n) is 15.5. The molecule has 0 saturated heterocycles. The van der Waals surface area contributed by atoms with E-state index in [0.29, 0.717) is 0 Å². The molecule has 0 amide bonds. The number of benzene rings is 6. The van der Waals surface area contributed by atoms with Gasteiger partial charge < -0.3 is 0 Å². The molecule has 0 N–H and O–H groups in total. The van der Waals surface area contributed by atoms with Crippen LogP contribution in [0.25, 0.3) is 88.1 Å². The maximum Gasteiger partial charge on any atom is 0.0970 e. The molecule has 214 valence electrons. The Morgan fingerprint density at radius 2 is 1.07 bits per heavy atom. The molecule has 9 rings (SSSR count). The van der Waals surface area contributed by atoms with Gasteiger partial charge in [0.2, 0.25) is 0 Å². The molecule has 3 nitrogen and oxygen atoms in total. The van der Waals surface area contributed by atoms with Crippen molar-refractivity contribution in [3.05, 3.63) is 164 Å². The van der Waals surface area contributed by atoms with Crippen LogP contribution in [0.5, 0.6) is 0 Å². The van der Waals surface area contributed by atoms with Gasteiger partial charge in [-0.3, -0.25) is 9.97 Å². The standard InChI is InChI=1S/C43H27N3/c1-2-10-31(11-3-1)40-27-38(41-35-15-5-4-9-29(35)21-22-39(41)46-40)33-13-6-12-32(25-33)28-17-19-30(20-18-28)37-26-34-14-7-23-44-42(34)43-36(37)16-8-24-45-43/h1-27H. The highest BCUT2D eigenvalue weighted by molar-refractivity contribution is 6.14. The zero-order valence-electron chi connectivity index (χ0n) is 24.9. The lowest BCUT2D eigenvalue weighted by atomic mass is 9.92. The number of pyridine rings is 3. The van der Waals surface area contributed by atoms with Gasteiger partial charge in [-0.15, -0.1) is 0 Å². The van der Waals surface area contributed by atoms with E-state index in [9.17, 15) is 0 Å². The van der Waals surface area contributed by atoms with Crippen LogP contribution in [-0.2, 0) is 0 Å². The zero-order valence-corrected chi connectivity index (χ0v) is 24.9. The van der Waals surface area contributed by atoms with Crippen LogP contribution in [0.2, 0.25) is 0 Å². The van der Waals surface area contributed by atoms with Crippen LogP contribution >= 0.6 is 0 Å². The summed E-state index contributed by atoms with van der Waals surface area (Å²) in [5, 5.41) is 5.80. The van der Waals surface area contributed by atoms with Crippen molar-refractivity contribution in [3.63, 3.8) is 0 Å². The first kappa shape index (κ1) is 26.2. The fourth-order valence-electron chi connectivity index (χ4n) is 6.72. The van der Waals surface area contributed by atoms with Crippen LogP contribution in [0.1, 0.15) is 0 Å². The predicted molar refractivity (Wildman–Crippen MR) is 192 cm³/mol. The van der Waals surface area contributed by atoms with Gasteiger partial charge in [0.15, 0.2) is 0 Å². The maximum absolute atomic E-state index is 5.13. The van der Waals surface area contributed by atoms with Crippen molar-refractivity contribution in [2.75, 3.05) is 0 Å². The summed E-state index contributed by atoms with van der Waals surface area (Å²) in [6.45, 7) is 0. The molecule has 3 heteroatoms. The molecule has 46 heavy (non-hydrogen) atoms. The van der Waals surface area contributed by atoms with Crippen LogP contribution < -0.4 is 0 Å². The summed E-state index contributed by atoms with van der Waals surface area (Å²) < 4.78 is 0. The molecule has 0 aliphatic heterocycles. The number of hydrogen-bond acceptors (Lipinski definition) is 3. The molecule has 0 atom stereocenters. The van der Waals surface area contributed by atoms with Crippen molar-refractivity contribution in [2.45, 2.75) is 0 Å². The molecule has 0 bridgehead atoms. The van der Waals surface area contributed by atoms with E-state index in [1.54, 1.807) is 0 Å². The van der Waals surface area contributed by atoms with E-state index in [-0.39, 0.29) is 0 Å². The summed E-state index contributed by atoms with van der Waals surface area (Å²) in [4.78, 5) is 14.5. The van der Waals surface area contributed by atoms with Crippen molar-refractivity contribution in [1.82, 2.24) is 15.0 Å². The second-order valence-corrected chi connectivity index (χ2v) is 11.7. The summed E-state index contributed by atoms with van der Waals surface area (Å²) in [6.07, 6.45) is 3.67. The Kier molecular flexibility index (Phi) is 6.14. The van der Waals surface area contributed by atoms with Gasteiger partial charge in [0, 0.05) is 34.1 Å². The quantitative estimate of drug-likeness (QED) is 0.193. The lowest BCUT2D eigenvalue weighted by molar-refractivity contribution is 1.37. The van der Waals surface area contributed by atoms with E-state index in [4.69, 9.17) is 9.97 Å². The van der Waals surface area contributed by atoms with Crippen LogP contribution in [0.3, 0.4) is 0 Å². The van der Waals surface area contributed by atoms with Gasteiger partial charge in [0.25, 0.3) is 0 Å². The Balaban J connectivity index is 1.18. The second kappa shape index (κ2) is 10.8. The van der Waals surface area contributed by atoms with Crippen molar-refractivity contribution < 1.29 is 0 Å². The molecule has 9 aromatic rings. The number of aromatic nitrogens is 3.